The normalized spacial score (nSPS) is 12.0. The number of halogens is 2. The lowest BCUT2D eigenvalue weighted by Crippen LogP contribution is -2.09. The van der Waals surface area contributed by atoms with Crippen molar-refractivity contribution in [3.63, 3.8) is 0 Å². The van der Waals surface area contributed by atoms with Crippen LogP contribution in [0.4, 0.5) is 11.4 Å². The molecule has 2 aromatic carbocycles. The summed E-state index contributed by atoms with van der Waals surface area (Å²) in [4.78, 5) is 10.7. The minimum absolute atomic E-state index is 0.0562. The average Bonchev–Trinajstić information content (AvgIpc) is 2.37. The van der Waals surface area contributed by atoms with E-state index in [2.05, 4.69) is 21.2 Å². The van der Waals surface area contributed by atoms with Gasteiger partial charge >= 0.3 is 0 Å². The second kappa shape index (κ2) is 6.45. The van der Waals surface area contributed by atoms with E-state index in [1.807, 2.05) is 26.0 Å². The highest BCUT2D eigenvalue weighted by Gasteiger charge is 2.17. The van der Waals surface area contributed by atoms with Crippen molar-refractivity contribution in [2.45, 2.75) is 19.9 Å². The topological polar surface area (TPSA) is 55.2 Å². The van der Waals surface area contributed by atoms with Gasteiger partial charge in [0.25, 0.3) is 5.69 Å². The SMILES string of the molecule is Cc1ccc([N+](=O)[O-])c(NC(C)c2ccc(Br)cc2Cl)c1. The van der Waals surface area contributed by atoms with Crippen LogP contribution in [0, 0.1) is 17.0 Å². The van der Waals surface area contributed by atoms with Crippen LogP contribution in [-0.2, 0) is 0 Å². The van der Waals surface area contributed by atoms with Crippen LogP contribution < -0.4 is 5.32 Å². The molecule has 0 saturated carbocycles. The summed E-state index contributed by atoms with van der Waals surface area (Å²) >= 11 is 9.58. The predicted octanol–water partition coefficient (Wildman–Crippen LogP) is 5.49. The highest BCUT2D eigenvalue weighted by molar-refractivity contribution is 9.10. The number of nitro groups is 1. The van der Waals surface area contributed by atoms with Crippen LogP contribution in [0.2, 0.25) is 5.02 Å². The highest BCUT2D eigenvalue weighted by atomic mass is 79.9. The first-order chi connectivity index (χ1) is 9.88. The molecule has 21 heavy (non-hydrogen) atoms. The summed E-state index contributed by atoms with van der Waals surface area (Å²) in [5.74, 6) is 0. The van der Waals surface area contributed by atoms with Gasteiger partial charge < -0.3 is 5.32 Å². The van der Waals surface area contributed by atoms with Crippen LogP contribution in [-0.4, -0.2) is 4.92 Å². The fourth-order valence-electron chi connectivity index (χ4n) is 2.09. The van der Waals surface area contributed by atoms with Gasteiger partial charge in [0.2, 0.25) is 0 Å². The third-order valence-corrected chi connectivity index (χ3v) is 3.97. The Labute approximate surface area is 136 Å². The molecule has 2 rings (SSSR count). The summed E-state index contributed by atoms with van der Waals surface area (Å²) in [5, 5.41) is 14.9. The summed E-state index contributed by atoms with van der Waals surface area (Å²) in [6.07, 6.45) is 0. The van der Waals surface area contributed by atoms with Crippen molar-refractivity contribution < 1.29 is 4.92 Å². The van der Waals surface area contributed by atoms with Gasteiger partial charge in [0, 0.05) is 15.6 Å². The van der Waals surface area contributed by atoms with E-state index in [-0.39, 0.29) is 11.7 Å². The first kappa shape index (κ1) is 15.8. The van der Waals surface area contributed by atoms with E-state index >= 15 is 0 Å². The van der Waals surface area contributed by atoms with Gasteiger partial charge in [-0.15, -0.1) is 0 Å². The molecule has 0 spiro atoms. The molecule has 6 heteroatoms. The zero-order chi connectivity index (χ0) is 15.6. The number of rotatable bonds is 4. The van der Waals surface area contributed by atoms with Gasteiger partial charge in [-0.05, 0) is 43.2 Å². The number of hydrogen-bond donors (Lipinski definition) is 1. The number of benzene rings is 2. The molecule has 1 N–H and O–H groups in total. The fourth-order valence-corrected chi connectivity index (χ4v) is 2.93. The summed E-state index contributed by atoms with van der Waals surface area (Å²) < 4.78 is 0.894. The number of hydrogen-bond acceptors (Lipinski definition) is 3. The first-order valence-corrected chi connectivity index (χ1v) is 7.52. The van der Waals surface area contributed by atoms with E-state index in [4.69, 9.17) is 11.6 Å². The summed E-state index contributed by atoms with van der Waals surface area (Å²) in [6, 6.07) is 10.4. The van der Waals surface area contributed by atoms with Crippen LogP contribution >= 0.6 is 27.5 Å². The molecule has 2 aromatic rings. The van der Waals surface area contributed by atoms with E-state index < -0.39 is 4.92 Å². The van der Waals surface area contributed by atoms with Gasteiger partial charge in [0.1, 0.15) is 5.69 Å². The van der Waals surface area contributed by atoms with E-state index in [0.717, 1.165) is 15.6 Å². The Morgan fingerprint density at radius 1 is 1.29 bits per heavy atom. The molecule has 110 valence electrons. The Kier molecular flexibility index (Phi) is 4.85. The summed E-state index contributed by atoms with van der Waals surface area (Å²) in [6.45, 7) is 3.81. The maximum Gasteiger partial charge on any atom is 0.292 e. The average molecular weight is 370 g/mol. The second-order valence-electron chi connectivity index (χ2n) is 4.81. The van der Waals surface area contributed by atoms with Crippen molar-refractivity contribution in [2.75, 3.05) is 5.32 Å². The molecule has 1 atom stereocenters. The lowest BCUT2D eigenvalue weighted by atomic mass is 10.1. The number of aryl methyl sites for hydroxylation is 1. The van der Waals surface area contributed by atoms with E-state index in [1.54, 1.807) is 18.2 Å². The molecular weight excluding hydrogens is 356 g/mol. The van der Waals surface area contributed by atoms with Crippen molar-refractivity contribution in [1.82, 2.24) is 0 Å². The Morgan fingerprint density at radius 2 is 2.00 bits per heavy atom. The first-order valence-electron chi connectivity index (χ1n) is 6.35. The molecule has 0 radical (unpaired) electrons. The Hall–Kier alpha value is -1.59. The molecular formula is C15H14BrClN2O2. The molecule has 0 heterocycles. The smallest absolute Gasteiger partial charge is 0.292 e. The third kappa shape index (κ3) is 3.74. The lowest BCUT2D eigenvalue weighted by molar-refractivity contribution is -0.384. The molecule has 0 aromatic heterocycles. The Bertz CT molecular complexity index is 691. The monoisotopic (exact) mass is 368 g/mol. The molecule has 0 aliphatic heterocycles. The standard InChI is InChI=1S/C15H14BrClN2O2/c1-9-3-6-15(19(20)21)14(7-9)18-10(2)12-5-4-11(16)8-13(12)17/h3-8,10,18H,1-2H3. The molecule has 4 nitrogen and oxygen atoms in total. The minimum Gasteiger partial charge on any atom is -0.373 e. The quantitative estimate of drug-likeness (QED) is 0.572. The molecule has 0 aliphatic rings. The molecule has 0 amide bonds. The molecule has 0 aliphatic carbocycles. The van der Waals surface area contributed by atoms with Crippen molar-refractivity contribution in [3.05, 3.63) is 67.1 Å². The van der Waals surface area contributed by atoms with Crippen LogP contribution in [0.5, 0.6) is 0 Å². The third-order valence-electron chi connectivity index (χ3n) is 3.15. The van der Waals surface area contributed by atoms with Crippen LogP contribution in [0.1, 0.15) is 24.1 Å². The molecule has 1 unspecified atom stereocenters. The molecule has 0 bridgehead atoms. The van der Waals surface area contributed by atoms with E-state index in [0.29, 0.717) is 10.7 Å². The van der Waals surface area contributed by atoms with Gasteiger partial charge in [0.15, 0.2) is 0 Å². The predicted molar refractivity (Wildman–Crippen MR) is 89.0 cm³/mol. The maximum atomic E-state index is 11.1. The van der Waals surface area contributed by atoms with Crippen molar-refractivity contribution >= 4 is 38.9 Å². The Morgan fingerprint density at radius 3 is 2.62 bits per heavy atom. The number of nitrogens with one attached hydrogen (secondary N) is 1. The van der Waals surface area contributed by atoms with Gasteiger partial charge in [-0.25, -0.2) is 0 Å². The number of nitro benzene ring substituents is 1. The van der Waals surface area contributed by atoms with Gasteiger partial charge in [-0.1, -0.05) is 39.7 Å². The minimum atomic E-state index is -0.391. The zero-order valence-corrected chi connectivity index (χ0v) is 13.9. The van der Waals surface area contributed by atoms with Crippen molar-refractivity contribution in [3.8, 4) is 0 Å². The number of anilines is 1. The van der Waals surface area contributed by atoms with Gasteiger partial charge in [-0.2, -0.15) is 0 Å². The Balaban J connectivity index is 2.33. The number of nitrogens with zero attached hydrogens (tertiary/aromatic N) is 1. The highest BCUT2D eigenvalue weighted by Crippen LogP contribution is 2.32. The lowest BCUT2D eigenvalue weighted by Gasteiger charge is -2.17. The van der Waals surface area contributed by atoms with Gasteiger partial charge in [-0.3, -0.25) is 10.1 Å². The largest absolute Gasteiger partial charge is 0.373 e. The summed E-state index contributed by atoms with van der Waals surface area (Å²) in [7, 11) is 0. The molecule has 0 fully saturated rings. The van der Waals surface area contributed by atoms with E-state index in [1.165, 1.54) is 6.07 Å². The second-order valence-corrected chi connectivity index (χ2v) is 6.13. The maximum absolute atomic E-state index is 11.1. The zero-order valence-electron chi connectivity index (χ0n) is 11.6. The van der Waals surface area contributed by atoms with Crippen LogP contribution in [0.3, 0.4) is 0 Å². The summed E-state index contributed by atoms with van der Waals surface area (Å²) in [5.41, 5.74) is 2.39. The van der Waals surface area contributed by atoms with Crippen molar-refractivity contribution in [1.29, 1.82) is 0 Å². The van der Waals surface area contributed by atoms with Crippen LogP contribution in [0.25, 0.3) is 0 Å². The fraction of sp³-hybridized carbons (Fsp3) is 0.200. The van der Waals surface area contributed by atoms with Gasteiger partial charge in [0.05, 0.1) is 11.0 Å². The van der Waals surface area contributed by atoms with E-state index in [9.17, 15) is 10.1 Å². The van der Waals surface area contributed by atoms with Crippen LogP contribution in [0.15, 0.2) is 40.9 Å². The van der Waals surface area contributed by atoms with Crippen molar-refractivity contribution in [2.24, 2.45) is 0 Å². The molecule has 0 saturated heterocycles.